The maximum atomic E-state index is 6.59. The molecule has 0 N–H and O–H groups in total. The Labute approximate surface area is 201 Å². The van der Waals surface area contributed by atoms with Crippen molar-refractivity contribution < 1.29 is 4.42 Å². The average Bonchev–Trinajstić information content (AvgIpc) is 3.22. The number of pyridine rings is 2. The van der Waals surface area contributed by atoms with Gasteiger partial charge >= 0.3 is 0 Å². The lowest BCUT2D eigenvalue weighted by Crippen LogP contribution is -2.03. The molecule has 0 saturated heterocycles. The van der Waals surface area contributed by atoms with Gasteiger partial charge in [0.05, 0.1) is 11.4 Å². The number of rotatable bonds is 6. The van der Waals surface area contributed by atoms with Crippen LogP contribution in [0.25, 0.3) is 33.2 Å². The number of hydrogen-bond donors (Lipinski definition) is 0. The van der Waals surface area contributed by atoms with Gasteiger partial charge < -0.3 is 4.42 Å². The fourth-order valence-corrected chi connectivity index (χ4v) is 4.79. The first-order valence-electron chi connectivity index (χ1n) is 12.3. The number of benzene rings is 2. The third kappa shape index (κ3) is 4.11. The van der Waals surface area contributed by atoms with E-state index in [9.17, 15) is 0 Å². The maximum Gasteiger partial charge on any atom is 0.157 e. The molecule has 0 bridgehead atoms. The van der Waals surface area contributed by atoms with E-state index < -0.39 is 0 Å². The summed E-state index contributed by atoms with van der Waals surface area (Å²) >= 11 is 0. The van der Waals surface area contributed by atoms with Gasteiger partial charge in [-0.2, -0.15) is 0 Å². The third-order valence-corrected chi connectivity index (χ3v) is 6.56. The van der Waals surface area contributed by atoms with Crippen LogP contribution < -0.4 is 0 Å². The van der Waals surface area contributed by atoms with E-state index in [0.29, 0.717) is 5.92 Å². The zero-order chi connectivity index (χ0) is 23.8. The van der Waals surface area contributed by atoms with Crippen molar-refractivity contribution in [1.82, 2.24) is 9.97 Å². The molecule has 34 heavy (non-hydrogen) atoms. The quantitative estimate of drug-likeness (QED) is 0.261. The Kier molecular flexibility index (Phi) is 5.95. The molecular weight excluding hydrogens is 416 g/mol. The van der Waals surface area contributed by atoms with Crippen molar-refractivity contribution in [1.29, 1.82) is 0 Å². The summed E-state index contributed by atoms with van der Waals surface area (Å²) in [5.41, 5.74) is 8.43. The summed E-state index contributed by atoms with van der Waals surface area (Å²) < 4.78 is 6.59. The predicted molar refractivity (Wildman–Crippen MR) is 141 cm³/mol. The monoisotopic (exact) mass is 448 g/mol. The summed E-state index contributed by atoms with van der Waals surface area (Å²) in [6, 6.07) is 23.5. The standard InChI is InChI=1S/C31H32N2O/c1-19(2)16-22-14-15-32-28(17-22)25-13-9-12-24-26-18-27(21(5)23-10-7-6-8-11-23)33-29(20(3)4)31(26)34-30(24)25/h6-15,17-21H,16H2,1-5H3. The van der Waals surface area contributed by atoms with Gasteiger partial charge in [0.1, 0.15) is 5.58 Å². The number of aromatic nitrogens is 2. The van der Waals surface area contributed by atoms with Gasteiger partial charge in [0.2, 0.25) is 0 Å². The van der Waals surface area contributed by atoms with E-state index in [1.165, 1.54) is 11.1 Å². The van der Waals surface area contributed by atoms with Gasteiger partial charge in [-0.1, -0.05) is 77.1 Å². The molecule has 3 nitrogen and oxygen atoms in total. The van der Waals surface area contributed by atoms with E-state index in [1.54, 1.807) is 0 Å². The third-order valence-electron chi connectivity index (χ3n) is 6.56. The van der Waals surface area contributed by atoms with Gasteiger partial charge in [0.25, 0.3) is 0 Å². The van der Waals surface area contributed by atoms with E-state index in [-0.39, 0.29) is 11.8 Å². The average molecular weight is 449 g/mol. The number of hydrogen-bond acceptors (Lipinski definition) is 3. The molecule has 0 aliphatic carbocycles. The highest BCUT2D eigenvalue weighted by molar-refractivity contribution is 6.10. The molecule has 0 saturated carbocycles. The summed E-state index contributed by atoms with van der Waals surface area (Å²) in [5, 5.41) is 2.25. The number of nitrogens with zero attached hydrogens (tertiary/aromatic N) is 2. The van der Waals surface area contributed by atoms with Gasteiger partial charge in [-0.05, 0) is 53.6 Å². The Balaban J connectivity index is 1.71. The number of para-hydroxylation sites is 1. The second-order valence-corrected chi connectivity index (χ2v) is 10.0. The maximum absolute atomic E-state index is 6.59. The van der Waals surface area contributed by atoms with Gasteiger partial charge in [0.15, 0.2) is 5.58 Å². The Hall–Kier alpha value is -3.46. The highest BCUT2D eigenvalue weighted by Crippen LogP contribution is 2.39. The fraction of sp³-hybridized carbons (Fsp3) is 0.290. The lowest BCUT2D eigenvalue weighted by atomic mass is 9.94. The molecule has 5 aromatic rings. The van der Waals surface area contributed by atoms with Crippen LogP contribution in [0.4, 0.5) is 0 Å². The van der Waals surface area contributed by atoms with Crippen LogP contribution in [0.3, 0.4) is 0 Å². The Morgan fingerprint density at radius 2 is 1.59 bits per heavy atom. The van der Waals surface area contributed by atoms with Gasteiger partial charge in [-0.25, -0.2) is 0 Å². The molecule has 0 radical (unpaired) electrons. The minimum Gasteiger partial charge on any atom is -0.453 e. The van der Waals surface area contributed by atoms with E-state index >= 15 is 0 Å². The van der Waals surface area contributed by atoms with Crippen molar-refractivity contribution in [3.8, 4) is 11.3 Å². The van der Waals surface area contributed by atoms with Crippen LogP contribution in [0, 0.1) is 5.92 Å². The Morgan fingerprint density at radius 3 is 2.32 bits per heavy atom. The second-order valence-electron chi connectivity index (χ2n) is 10.0. The second kappa shape index (κ2) is 9.06. The highest BCUT2D eigenvalue weighted by atomic mass is 16.3. The molecule has 0 fully saturated rings. The minimum absolute atomic E-state index is 0.200. The van der Waals surface area contributed by atoms with Crippen molar-refractivity contribution in [3.05, 3.63) is 95.4 Å². The Bertz CT molecular complexity index is 1450. The lowest BCUT2D eigenvalue weighted by Gasteiger charge is -2.14. The highest BCUT2D eigenvalue weighted by Gasteiger charge is 2.21. The van der Waals surface area contributed by atoms with Crippen LogP contribution in [-0.4, -0.2) is 9.97 Å². The molecular formula is C31H32N2O. The van der Waals surface area contributed by atoms with Crippen molar-refractivity contribution >= 4 is 21.9 Å². The fourth-order valence-electron chi connectivity index (χ4n) is 4.79. The summed E-state index contributed by atoms with van der Waals surface area (Å²) in [5.74, 6) is 1.05. The molecule has 1 unspecified atom stereocenters. The minimum atomic E-state index is 0.200. The van der Waals surface area contributed by atoms with Crippen LogP contribution in [-0.2, 0) is 6.42 Å². The number of fused-ring (bicyclic) bond motifs is 3. The van der Waals surface area contributed by atoms with E-state index in [0.717, 1.165) is 51.0 Å². The van der Waals surface area contributed by atoms with Crippen molar-refractivity contribution in [2.45, 2.75) is 52.9 Å². The summed E-state index contributed by atoms with van der Waals surface area (Å²) in [6.45, 7) is 11.1. The van der Waals surface area contributed by atoms with Crippen LogP contribution >= 0.6 is 0 Å². The summed E-state index contributed by atoms with van der Waals surface area (Å²) in [4.78, 5) is 9.82. The largest absolute Gasteiger partial charge is 0.453 e. The van der Waals surface area contributed by atoms with Gasteiger partial charge in [-0.3, -0.25) is 9.97 Å². The summed E-state index contributed by atoms with van der Waals surface area (Å²) in [7, 11) is 0. The van der Waals surface area contributed by atoms with Gasteiger partial charge in [-0.15, -0.1) is 0 Å². The van der Waals surface area contributed by atoms with Crippen molar-refractivity contribution in [3.63, 3.8) is 0 Å². The lowest BCUT2D eigenvalue weighted by molar-refractivity contribution is 0.646. The number of furan rings is 1. The van der Waals surface area contributed by atoms with Gasteiger partial charge in [0, 0.05) is 34.1 Å². The molecule has 0 spiro atoms. The summed E-state index contributed by atoms with van der Waals surface area (Å²) in [6.07, 6.45) is 2.95. The zero-order valence-corrected chi connectivity index (χ0v) is 20.7. The van der Waals surface area contributed by atoms with Crippen LogP contribution in [0.15, 0.2) is 77.3 Å². The molecule has 3 heterocycles. The molecule has 172 valence electrons. The van der Waals surface area contributed by atoms with E-state index in [1.807, 2.05) is 6.20 Å². The Morgan fingerprint density at radius 1 is 0.794 bits per heavy atom. The van der Waals surface area contributed by atoms with Crippen LogP contribution in [0.2, 0.25) is 0 Å². The normalized spacial score (nSPS) is 12.8. The van der Waals surface area contributed by atoms with E-state index in [2.05, 4.69) is 101 Å². The molecule has 3 aromatic heterocycles. The SMILES string of the molecule is CC(C)Cc1ccnc(-c2cccc3c2oc2c(C(C)C)nc(C(C)c4ccccc4)cc23)c1. The first-order chi connectivity index (χ1) is 16.4. The molecule has 0 aliphatic rings. The van der Waals surface area contributed by atoms with Crippen LogP contribution in [0.5, 0.6) is 0 Å². The zero-order valence-electron chi connectivity index (χ0n) is 20.7. The molecule has 3 heteroatoms. The topological polar surface area (TPSA) is 38.9 Å². The predicted octanol–water partition coefficient (Wildman–Crippen LogP) is 8.52. The smallest absolute Gasteiger partial charge is 0.157 e. The van der Waals surface area contributed by atoms with Crippen LogP contribution in [0.1, 0.15) is 69.0 Å². The molecule has 0 amide bonds. The first-order valence-corrected chi connectivity index (χ1v) is 12.3. The molecule has 0 aliphatic heterocycles. The van der Waals surface area contributed by atoms with Crippen molar-refractivity contribution in [2.24, 2.45) is 5.92 Å². The molecule has 5 rings (SSSR count). The molecule has 2 aromatic carbocycles. The first kappa shape index (κ1) is 22.3. The van der Waals surface area contributed by atoms with Crippen molar-refractivity contribution in [2.75, 3.05) is 0 Å². The molecule has 1 atom stereocenters. The van der Waals surface area contributed by atoms with E-state index in [4.69, 9.17) is 14.4 Å².